The highest BCUT2D eigenvalue weighted by Crippen LogP contribution is 2.52. The first kappa shape index (κ1) is 21.0. The number of carbonyl (C=O) groups excluding carboxylic acids is 2. The highest BCUT2D eigenvalue weighted by Gasteiger charge is 2.55. The summed E-state index contributed by atoms with van der Waals surface area (Å²) in [5.41, 5.74) is 2.41. The van der Waals surface area contributed by atoms with E-state index in [1.807, 2.05) is 57.3 Å². The monoisotopic (exact) mass is 410 g/mol. The molecule has 4 rings (SSSR count). The van der Waals surface area contributed by atoms with E-state index in [0.29, 0.717) is 6.54 Å². The second-order valence-electron chi connectivity index (χ2n) is 9.51. The Morgan fingerprint density at radius 3 is 2.67 bits per heavy atom. The van der Waals surface area contributed by atoms with Crippen molar-refractivity contribution in [3.05, 3.63) is 59.2 Å². The molecule has 2 aliphatic carbocycles. The molecular weight excluding hydrogens is 378 g/mol. The second-order valence-corrected chi connectivity index (χ2v) is 9.51. The zero-order valence-corrected chi connectivity index (χ0v) is 18.2. The number of carbonyl (C=O) groups is 2. The molecule has 0 amide bonds. The molecule has 1 saturated heterocycles. The van der Waals surface area contributed by atoms with Crippen molar-refractivity contribution in [2.45, 2.75) is 51.9 Å². The quantitative estimate of drug-likeness (QED) is 0.729. The number of hydrogen-bond acceptors (Lipinski definition) is 4. The fourth-order valence-electron chi connectivity index (χ4n) is 5.55. The summed E-state index contributed by atoms with van der Waals surface area (Å²) in [4.78, 5) is 26.3. The minimum absolute atomic E-state index is 0.0185. The van der Waals surface area contributed by atoms with Gasteiger partial charge in [-0.2, -0.15) is 0 Å². The highest BCUT2D eigenvalue weighted by molar-refractivity contribution is 6.05. The maximum Gasteiger partial charge on any atom is 0.315 e. The molecule has 3 aliphatic rings. The van der Waals surface area contributed by atoms with Gasteiger partial charge in [-0.3, -0.25) is 9.59 Å². The van der Waals surface area contributed by atoms with Gasteiger partial charge >= 0.3 is 5.97 Å². The standard InChI is InChI=1S/C25H31NO4/c1-15-20(27)11-13-25(3)12-10-18-19(24(29)30-23(18)21(15)25)14-26(4)16(2)22(28)17-8-6-5-7-9-17/h5-9,11,13,16,18-19,22-23,28H,10,12,14H2,1-4H3/p+1/t16-,18-,19-,22+,23-,25-/m0/s1. The third-order valence-electron chi connectivity index (χ3n) is 7.66. The molecule has 5 heteroatoms. The van der Waals surface area contributed by atoms with Gasteiger partial charge in [-0.05, 0) is 43.9 Å². The average molecular weight is 411 g/mol. The number of hydrogen-bond donors (Lipinski definition) is 2. The lowest BCUT2D eigenvalue weighted by Crippen LogP contribution is -3.14. The molecule has 1 heterocycles. The summed E-state index contributed by atoms with van der Waals surface area (Å²) >= 11 is 0. The van der Waals surface area contributed by atoms with Gasteiger partial charge < -0.3 is 14.7 Å². The van der Waals surface area contributed by atoms with Gasteiger partial charge in [-0.1, -0.05) is 43.3 Å². The maximum absolute atomic E-state index is 12.9. The predicted octanol–water partition coefficient (Wildman–Crippen LogP) is 2.04. The lowest BCUT2D eigenvalue weighted by molar-refractivity contribution is -0.911. The number of likely N-dealkylation sites (N-methyl/N-ethyl adjacent to an activating group) is 1. The Bertz CT molecular complexity index is 905. The number of fused-ring (bicyclic) bond motifs is 3. The van der Waals surface area contributed by atoms with Gasteiger partial charge in [0.15, 0.2) is 5.78 Å². The van der Waals surface area contributed by atoms with Crippen LogP contribution in [0.15, 0.2) is 53.6 Å². The van der Waals surface area contributed by atoms with Crippen LogP contribution in [-0.2, 0) is 14.3 Å². The van der Waals surface area contributed by atoms with Gasteiger partial charge in [0.1, 0.15) is 24.2 Å². The molecule has 5 nitrogen and oxygen atoms in total. The van der Waals surface area contributed by atoms with Gasteiger partial charge in [-0.25, -0.2) is 0 Å². The zero-order valence-electron chi connectivity index (χ0n) is 18.2. The number of quaternary nitrogens is 1. The molecule has 160 valence electrons. The maximum atomic E-state index is 12.9. The van der Waals surface area contributed by atoms with Gasteiger partial charge in [0.25, 0.3) is 0 Å². The van der Waals surface area contributed by atoms with Crippen molar-refractivity contribution < 1.29 is 24.3 Å². The van der Waals surface area contributed by atoms with Crippen molar-refractivity contribution in [2.75, 3.05) is 13.6 Å². The van der Waals surface area contributed by atoms with Crippen LogP contribution in [0, 0.1) is 17.3 Å². The van der Waals surface area contributed by atoms with Crippen LogP contribution < -0.4 is 4.90 Å². The molecule has 1 aliphatic heterocycles. The Hall–Kier alpha value is -2.24. The van der Waals surface area contributed by atoms with E-state index in [-0.39, 0.29) is 41.1 Å². The second kappa shape index (κ2) is 7.78. The van der Waals surface area contributed by atoms with E-state index in [1.165, 1.54) is 0 Å². The Balaban J connectivity index is 1.52. The topological polar surface area (TPSA) is 68.0 Å². The molecule has 2 fully saturated rings. The third kappa shape index (κ3) is 3.44. The first-order chi connectivity index (χ1) is 14.2. The van der Waals surface area contributed by atoms with Crippen molar-refractivity contribution >= 4 is 11.8 Å². The molecule has 7 atom stereocenters. The number of esters is 1. The van der Waals surface area contributed by atoms with E-state index in [4.69, 9.17) is 4.74 Å². The summed E-state index contributed by atoms with van der Waals surface area (Å²) in [6, 6.07) is 9.58. The van der Waals surface area contributed by atoms with Crippen LogP contribution in [0.5, 0.6) is 0 Å². The molecule has 1 aromatic rings. The molecule has 0 spiro atoms. The van der Waals surface area contributed by atoms with Crippen LogP contribution in [0.25, 0.3) is 0 Å². The van der Waals surface area contributed by atoms with Crippen molar-refractivity contribution in [3.63, 3.8) is 0 Å². The van der Waals surface area contributed by atoms with Crippen molar-refractivity contribution in [1.29, 1.82) is 0 Å². The Labute approximate surface area is 178 Å². The van der Waals surface area contributed by atoms with E-state index in [2.05, 4.69) is 6.92 Å². The predicted molar refractivity (Wildman–Crippen MR) is 114 cm³/mol. The molecule has 0 aromatic heterocycles. The lowest BCUT2D eigenvalue weighted by Gasteiger charge is -2.43. The van der Waals surface area contributed by atoms with Gasteiger partial charge in [0.05, 0.1) is 13.6 Å². The van der Waals surface area contributed by atoms with Crippen LogP contribution in [0.2, 0.25) is 0 Å². The number of allylic oxidation sites excluding steroid dienone is 3. The summed E-state index contributed by atoms with van der Waals surface area (Å²) in [6.07, 6.45) is 4.56. The molecule has 2 N–H and O–H groups in total. The number of ketones is 1. The summed E-state index contributed by atoms with van der Waals surface area (Å²) in [5, 5.41) is 10.8. The lowest BCUT2D eigenvalue weighted by atomic mass is 9.61. The van der Waals surface area contributed by atoms with Crippen molar-refractivity contribution in [1.82, 2.24) is 0 Å². The van der Waals surface area contributed by atoms with E-state index in [1.54, 1.807) is 6.08 Å². The van der Waals surface area contributed by atoms with Gasteiger partial charge in [-0.15, -0.1) is 0 Å². The first-order valence-corrected chi connectivity index (χ1v) is 10.9. The van der Waals surface area contributed by atoms with Gasteiger partial charge in [0, 0.05) is 16.9 Å². The summed E-state index contributed by atoms with van der Waals surface area (Å²) in [7, 11) is 2.03. The molecule has 1 saturated carbocycles. The minimum atomic E-state index is -0.597. The van der Waals surface area contributed by atoms with E-state index in [9.17, 15) is 14.7 Å². The Morgan fingerprint density at radius 2 is 1.97 bits per heavy atom. The smallest absolute Gasteiger partial charge is 0.315 e. The van der Waals surface area contributed by atoms with Crippen LogP contribution >= 0.6 is 0 Å². The number of aliphatic hydroxyl groups is 1. The summed E-state index contributed by atoms with van der Waals surface area (Å²) in [5.74, 6) is -0.278. The first-order valence-electron chi connectivity index (χ1n) is 10.9. The number of ether oxygens (including phenoxy) is 1. The SMILES string of the molecule is CC1=C2[C@H]3OC(=O)[C@@H](C[NH+](C)[C@@H](C)[C@@H](O)c4ccccc4)[C@@H]3CC[C@@]2(C)C=CC1=O. The van der Waals surface area contributed by atoms with Crippen LogP contribution in [0.1, 0.15) is 45.3 Å². The van der Waals surface area contributed by atoms with E-state index in [0.717, 1.165) is 34.5 Å². The zero-order chi connectivity index (χ0) is 21.6. The fraction of sp³-hybridized carbons (Fsp3) is 0.520. The average Bonchev–Trinajstić information content (AvgIpc) is 3.05. The molecule has 1 aromatic carbocycles. The number of benzene rings is 1. The molecule has 0 radical (unpaired) electrons. The molecule has 30 heavy (non-hydrogen) atoms. The van der Waals surface area contributed by atoms with Gasteiger partial charge in [0.2, 0.25) is 0 Å². The van der Waals surface area contributed by atoms with E-state index < -0.39 is 6.10 Å². The molecule has 1 unspecified atom stereocenters. The Morgan fingerprint density at radius 1 is 1.27 bits per heavy atom. The fourth-order valence-corrected chi connectivity index (χ4v) is 5.55. The molecular formula is C25H32NO4+. The molecule has 0 bridgehead atoms. The van der Waals surface area contributed by atoms with Crippen molar-refractivity contribution in [2.24, 2.45) is 17.3 Å². The summed E-state index contributed by atoms with van der Waals surface area (Å²) < 4.78 is 5.90. The largest absolute Gasteiger partial charge is 0.457 e. The number of rotatable bonds is 5. The van der Waals surface area contributed by atoms with Crippen LogP contribution in [0.4, 0.5) is 0 Å². The minimum Gasteiger partial charge on any atom is -0.457 e. The van der Waals surface area contributed by atoms with E-state index >= 15 is 0 Å². The Kier molecular flexibility index (Phi) is 5.45. The van der Waals surface area contributed by atoms with Crippen molar-refractivity contribution in [3.8, 4) is 0 Å². The third-order valence-corrected chi connectivity index (χ3v) is 7.66. The number of aliphatic hydroxyl groups excluding tert-OH is 1. The number of nitrogens with one attached hydrogen (secondary N) is 1. The summed E-state index contributed by atoms with van der Waals surface area (Å²) in [6.45, 7) is 6.62. The van der Waals surface area contributed by atoms with Crippen LogP contribution in [0.3, 0.4) is 0 Å². The normalized spacial score (nSPS) is 33.6. The highest BCUT2D eigenvalue weighted by atomic mass is 16.6. The van der Waals surface area contributed by atoms with Crippen LogP contribution in [-0.4, -0.2) is 42.6 Å².